The second kappa shape index (κ2) is 11.4. The summed E-state index contributed by atoms with van der Waals surface area (Å²) in [5.41, 5.74) is 1.76. The van der Waals surface area contributed by atoms with Crippen LogP contribution in [-0.2, 0) is 4.79 Å². The first-order valence-corrected chi connectivity index (χ1v) is 9.45. The van der Waals surface area contributed by atoms with Gasteiger partial charge >= 0.3 is 0 Å². The molecule has 0 fully saturated rings. The van der Waals surface area contributed by atoms with Crippen LogP contribution in [0, 0.1) is 0 Å². The molecular formula is C22H23N3O3S. The quantitative estimate of drug-likeness (QED) is 0.353. The number of benzene rings is 2. The lowest BCUT2D eigenvalue weighted by molar-refractivity contribution is -0.115. The molecule has 0 aliphatic heterocycles. The summed E-state index contributed by atoms with van der Waals surface area (Å²) in [5.74, 6) is 0.123. The number of ether oxygens (including phenoxy) is 1. The van der Waals surface area contributed by atoms with Crippen LogP contribution in [-0.4, -0.2) is 30.1 Å². The first-order chi connectivity index (χ1) is 14.0. The monoisotopic (exact) mass is 409 g/mol. The Hall–Kier alpha value is -3.45. The number of carbonyl (C=O) groups excluding carboxylic acids is 2. The van der Waals surface area contributed by atoms with E-state index < -0.39 is 0 Å². The molecule has 0 aliphatic carbocycles. The van der Waals surface area contributed by atoms with Gasteiger partial charge in [-0.25, -0.2) is 0 Å². The lowest BCUT2D eigenvalue weighted by Crippen LogP contribution is -2.34. The molecule has 0 unspecified atom stereocenters. The van der Waals surface area contributed by atoms with E-state index in [9.17, 15) is 9.59 Å². The van der Waals surface area contributed by atoms with Gasteiger partial charge in [0.25, 0.3) is 5.91 Å². The summed E-state index contributed by atoms with van der Waals surface area (Å²) in [6.07, 6.45) is 4.65. The Bertz CT molecular complexity index is 908. The third-order valence-electron chi connectivity index (χ3n) is 3.68. The lowest BCUT2D eigenvalue weighted by atomic mass is 10.1. The fraction of sp³-hybridized carbons (Fsp3) is 0.136. The van der Waals surface area contributed by atoms with Crippen LogP contribution in [0.4, 0.5) is 5.69 Å². The van der Waals surface area contributed by atoms with E-state index >= 15 is 0 Å². The Morgan fingerprint density at radius 3 is 2.55 bits per heavy atom. The second-order valence-corrected chi connectivity index (χ2v) is 6.23. The second-order valence-electron chi connectivity index (χ2n) is 5.82. The summed E-state index contributed by atoms with van der Waals surface area (Å²) in [6, 6.07) is 14.3. The molecule has 2 aromatic rings. The average Bonchev–Trinajstić information content (AvgIpc) is 2.72. The first kappa shape index (κ1) is 21.8. The van der Waals surface area contributed by atoms with Gasteiger partial charge in [-0.05, 0) is 55.0 Å². The van der Waals surface area contributed by atoms with Gasteiger partial charge in [0, 0.05) is 12.6 Å². The maximum absolute atomic E-state index is 12.2. The van der Waals surface area contributed by atoms with Crippen molar-refractivity contribution in [2.75, 3.05) is 18.5 Å². The highest BCUT2D eigenvalue weighted by Gasteiger charge is 2.11. The molecule has 0 radical (unpaired) electrons. The number of thiocarbonyl (C=S) groups is 1. The van der Waals surface area contributed by atoms with Crippen molar-refractivity contribution in [3.8, 4) is 5.75 Å². The molecule has 0 saturated heterocycles. The summed E-state index contributed by atoms with van der Waals surface area (Å²) in [5, 5.41) is 8.24. The van der Waals surface area contributed by atoms with E-state index in [1.54, 1.807) is 36.4 Å². The Morgan fingerprint density at radius 1 is 1.14 bits per heavy atom. The summed E-state index contributed by atoms with van der Waals surface area (Å²) >= 11 is 5.18. The van der Waals surface area contributed by atoms with Crippen LogP contribution >= 0.6 is 12.2 Å². The van der Waals surface area contributed by atoms with Crippen molar-refractivity contribution >= 4 is 40.9 Å². The molecule has 0 heterocycles. The zero-order valence-corrected chi connectivity index (χ0v) is 16.9. The predicted octanol–water partition coefficient (Wildman–Crippen LogP) is 3.53. The highest BCUT2D eigenvalue weighted by Crippen LogP contribution is 2.15. The number of anilines is 1. The van der Waals surface area contributed by atoms with Crippen molar-refractivity contribution in [2.45, 2.75) is 6.92 Å². The number of para-hydroxylation sites is 1. The van der Waals surface area contributed by atoms with Crippen molar-refractivity contribution in [3.63, 3.8) is 0 Å². The van der Waals surface area contributed by atoms with E-state index in [-0.39, 0.29) is 16.9 Å². The average molecular weight is 410 g/mol. The van der Waals surface area contributed by atoms with E-state index in [1.165, 1.54) is 6.08 Å². The van der Waals surface area contributed by atoms with Crippen LogP contribution in [0.1, 0.15) is 22.8 Å². The lowest BCUT2D eigenvalue weighted by Gasteiger charge is -2.12. The van der Waals surface area contributed by atoms with Gasteiger partial charge in [-0.1, -0.05) is 30.3 Å². The molecule has 29 heavy (non-hydrogen) atoms. The van der Waals surface area contributed by atoms with E-state index in [2.05, 4.69) is 22.5 Å². The molecule has 0 aliphatic rings. The molecule has 2 amide bonds. The zero-order valence-electron chi connectivity index (χ0n) is 16.1. The normalized spacial score (nSPS) is 10.2. The number of hydrogen-bond acceptors (Lipinski definition) is 4. The van der Waals surface area contributed by atoms with Gasteiger partial charge in [0.1, 0.15) is 5.75 Å². The van der Waals surface area contributed by atoms with Crippen LogP contribution in [0.25, 0.3) is 6.08 Å². The SMILES string of the molecule is C=CCNC(=O)c1ccccc1NC(=S)NC(=O)/C=C/c1ccc(OCC)cc1. The van der Waals surface area contributed by atoms with Gasteiger partial charge in [-0.15, -0.1) is 6.58 Å². The predicted molar refractivity (Wildman–Crippen MR) is 120 cm³/mol. The number of amides is 2. The molecule has 6 nitrogen and oxygen atoms in total. The van der Waals surface area contributed by atoms with Gasteiger partial charge in [0.2, 0.25) is 5.91 Å². The molecule has 0 atom stereocenters. The molecule has 0 saturated carbocycles. The van der Waals surface area contributed by atoms with E-state index in [1.807, 2.05) is 31.2 Å². The third kappa shape index (κ3) is 7.23. The fourth-order valence-corrected chi connectivity index (χ4v) is 2.58. The minimum atomic E-state index is -0.384. The summed E-state index contributed by atoms with van der Waals surface area (Å²) in [4.78, 5) is 24.3. The largest absolute Gasteiger partial charge is 0.494 e. The highest BCUT2D eigenvalue weighted by atomic mass is 32.1. The van der Waals surface area contributed by atoms with Gasteiger partial charge in [0.15, 0.2) is 5.11 Å². The first-order valence-electron chi connectivity index (χ1n) is 9.04. The van der Waals surface area contributed by atoms with Crippen LogP contribution in [0.15, 0.2) is 67.3 Å². The minimum Gasteiger partial charge on any atom is -0.494 e. The van der Waals surface area contributed by atoms with Gasteiger partial charge in [-0.3, -0.25) is 14.9 Å². The Kier molecular flexibility index (Phi) is 8.59. The van der Waals surface area contributed by atoms with Crippen LogP contribution in [0.2, 0.25) is 0 Å². The molecule has 0 bridgehead atoms. The number of nitrogens with one attached hydrogen (secondary N) is 3. The Labute approximate surface area is 175 Å². The molecule has 150 valence electrons. The van der Waals surface area contributed by atoms with Gasteiger partial charge in [-0.2, -0.15) is 0 Å². The number of hydrogen-bond donors (Lipinski definition) is 3. The standard InChI is InChI=1S/C22H23N3O3S/c1-3-15-23-21(27)18-7-5-6-8-19(18)24-22(29)25-20(26)14-11-16-9-12-17(13-10-16)28-4-2/h3,5-14H,1,4,15H2,2H3,(H,23,27)(H2,24,25,26,29)/b14-11+. The fourth-order valence-electron chi connectivity index (χ4n) is 2.37. The topological polar surface area (TPSA) is 79.5 Å². The molecule has 2 rings (SSSR count). The van der Waals surface area contributed by atoms with Crippen LogP contribution in [0.3, 0.4) is 0 Å². The molecule has 7 heteroatoms. The van der Waals surface area contributed by atoms with Gasteiger partial charge < -0.3 is 15.4 Å². The van der Waals surface area contributed by atoms with Crippen LogP contribution in [0.5, 0.6) is 5.75 Å². The molecule has 0 spiro atoms. The van der Waals surface area contributed by atoms with E-state index in [0.717, 1.165) is 11.3 Å². The van der Waals surface area contributed by atoms with Crippen molar-refractivity contribution in [1.82, 2.24) is 10.6 Å². The van der Waals surface area contributed by atoms with E-state index in [0.29, 0.717) is 24.4 Å². The van der Waals surface area contributed by atoms with Crippen molar-refractivity contribution < 1.29 is 14.3 Å². The molecule has 3 N–H and O–H groups in total. The minimum absolute atomic E-state index is 0.0929. The smallest absolute Gasteiger partial charge is 0.253 e. The summed E-state index contributed by atoms with van der Waals surface area (Å²) in [7, 11) is 0. The van der Waals surface area contributed by atoms with Crippen molar-refractivity contribution in [1.29, 1.82) is 0 Å². The van der Waals surface area contributed by atoms with Gasteiger partial charge in [0.05, 0.1) is 17.9 Å². The molecule has 0 aromatic heterocycles. The maximum Gasteiger partial charge on any atom is 0.253 e. The summed E-state index contributed by atoms with van der Waals surface area (Å²) < 4.78 is 5.38. The Morgan fingerprint density at radius 2 is 1.86 bits per heavy atom. The van der Waals surface area contributed by atoms with Crippen molar-refractivity contribution in [3.05, 3.63) is 78.4 Å². The number of carbonyl (C=O) groups is 2. The highest BCUT2D eigenvalue weighted by molar-refractivity contribution is 7.80. The third-order valence-corrected chi connectivity index (χ3v) is 3.89. The number of rotatable bonds is 8. The Balaban J connectivity index is 1.94. The van der Waals surface area contributed by atoms with E-state index in [4.69, 9.17) is 17.0 Å². The molecular weight excluding hydrogens is 386 g/mol. The van der Waals surface area contributed by atoms with Crippen molar-refractivity contribution in [2.24, 2.45) is 0 Å². The maximum atomic E-state index is 12.2. The zero-order chi connectivity index (χ0) is 21.1. The summed E-state index contributed by atoms with van der Waals surface area (Å²) in [6.45, 7) is 6.44. The van der Waals surface area contributed by atoms with Crippen LogP contribution < -0.4 is 20.7 Å². The molecule has 2 aromatic carbocycles.